The molecule has 1 aromatic rings. The molecule has 0 radical (unpaired) electrons. The van der Waals surface area contributed by atoms with Gasteiger partial charge in [0.05, 0.1) is 19.3 Å². The van der Waals surface area contributed by atoms with Gasteiger partial charge < -0.3 is 10.1 Å². The zero-order valence-corrected chi connectivity index (χ0v) is 10.1. The Morgan fingerprint density at radius 3 is 2.79 bits per heavy atom. The molecule has 0 bridgehead atoms. The smallest absolute Gasteiger partial charge is 0.245 e. The van der Waals surface area contributed by atoms with Crippen LogP contribution in [0.5, 0.6) is 0 Å². The van der Waals surface area contributed by atoms with Crippen LogP contribution < -0.4 is 5.32 Å². The van der Waals surface area contributed by atoms with Crippen LogP contribution in [-0.2, 0) is 16.0 Å². The minimum absolute atomic E-state index is 0.0731. The maximum Gasteiger partial charge on any atom is 0.245 e. The first kappa shape index (κ1) is 13.4. The Morgan fingerprint density at radius 2 is 2.21 bits per heavy atom. The first-order chi connectivity index (χ1) is 9.07. The Morgan fingerprint density at radius 1 is 1.47 bits per heavy atom. The van der Waals surface area contributed by atoms with Gasteiger partial charge in [0.2, 0.25) is 5.91 Å². The third-order valence-corrected chi connectivity index (χ3v) is 3.03. The fourth-order valence-corrected chi connectivity index (χ4v) is 1.77. The molecule has 1 aliphatic heterocycles. The van der Waals surface area contributed by atoms with Crippen LogP contribution in [0, 0.1) is 28.4 Å². The van der Waals surface area contributed by atoms with Gasteiger partial charge in [0.15, 0.2) is 5.41 Å². The van der Waals surface area contributed by atoms with Crippen LogP contribution in [0.3, 0.4) is 0 Å². The van der Waals surface area contributed by atoms with Gasteiger partial charge in [0, 0.05) is 6.54 Å². The van der Waals surface area contributed by atoms with Crippen LogP contribution in [0.4, 0.5) is 8.78 Å². The molecule has 1 N–H and O–H groups in total. The maximum atomic E-state index is 13.3. The van der Waals surface area contributed by atoms with E-state index >= 15 is 0 Å². The van der Waals surface area contributed by atoms with E-state index in [1.807, 2.05) is 6.07 Å². The zero-order valence-electron chi connectivity index (χ0n) is 10.1. The van der Waals surface area contributed by atoms with Gasteiger partial charge >= 0.3 is 0 Å². The summed E-state index contributed by atoms with van der Waals surface area (Å²) in [5.74, 6) is -1.47. The fourth-order valence-electron chi connectivity index (χ4n) is 1.77. The Hall–Kier alpha value is -2.00. The standard InChI is InChI=1S/C13H12F2N2O2/c14-10-1-2-11(15)9(5-10)3-4-17-12(18)13(6-16)7-19-8-13/h1-2,5H,3-4,7-8H2,(H,17,18). The molecule has 1 amide bonds. The van der Waals surface area contributed by atoms with Crippen LogP contribution in [0.1, 0.15) is 5.56 Å². The number of halogens is 2. The number of rotatable bonds is 4. The first-order valence-electron chi connectivity index (χ1n) is 5.79. The number of hydrogen-bond acceptors (Lipinski definition) is 3. The van der Waals surface area contributed by atoms with Crippen molar-refractivity contribution < 1.29 is 18.3 Å². The Labute approximate surface area is 109 Å². The molecule has 0 aliphatic carbocycles. The molecule has 1 heterocycles. The summed E-state index contributed by atoms with van der Waals surface area (Å²) in [6.07, 6.45) is 0.164. The van der Waals surface area contributed by atoms with Gasteiger partial charge in [-0.05, 0) is 30.2 Å². The molecule has 2 rings (SSSR count). The third-order valence-electron chi connectivity index (χ3n) is 3.03. The largest absolute Gasteiger partial charge is 0.377 e. The van der Waals surface area contributed by atoms with Gasteiger partial charge in [0.25, 0.3) is 0 Å². The molecule has 1 fully saturated rings. The van der Waals surface area contributed by atoms with E-state index in [0.29, 0.717) is 0 Å². The van der Waals surface area contributed by atoms with Crippen molar-refractivity contribution in [2.75, 3.05) is 19.8 Å². The second-order valence-electron chi connectivity index (χ2n) is 4.43. The lowest BCUT2D eigenvalue weighted by molar-refractivity contribution is -0.149. The molecule has 0 unspecified atom stereocenters. The highest BCUT2D eigenvalue weighted by Crippen LogP contribution is 2.26. The number of carbonyl (C=O) groups is 1. The normalized spacial score (nSPS) is 16.3. The first-order valence-corrected chi connectivity index (χ1v) is 5.79. The van der Waals surface area contributed by atoms with Gasteiger partial charge in [-0.3, -0.25) is 4.79 Å². The molecule has 0 aromatic heterocycles. The van der Waals surface area contributed by atoms with Crippen molar-refractivity contribution in [2.45, 2.75) is 6.42 Å². The van der Waals surface area contributed by atoms with Crippen LogP contribution in [0.2, 0.25) is 0 Å². The van der Waals surface area contributed by atoms with Crippen molar-refractivity contribution in [3.05, 3.63) is 35.4 Å². The van der Waals surface area contributed by atoms with Crippen molar-refractivity contribution in [1.82, 2.24) is 5.32 Å². The van der Waals surface area contributed by atoms with Crippen molar-refractivity contribution in [1.29, 1.82) is 5.26 Å². The van der Waals surface area contributed by atoms with E-state index < -0.39 is 23.0 Å². The van der Waals surface area contributed by atoms with Crippen molar-refractivity contribution in [2.24, 2.45) is 5.41 Å². The Bertz CT molecular complexity index is 536. The molecular weight excluding hydrogens is 254 g/mol. The molecule has 4 nitrogen and oxygen atoms in total. The summed E-state index contributed by atoms with van der Waals surface area (Å²) in [6.45, 7) is 0.288. The number of nitrogens with one attached hydrogen (secondary N) is 1. The summed E-state index contributed by atoms with van der Waals surface area (Å²) in [5, 5.41) is 11.4. The van der Waals surface area contributed by atoms with E-state index in [1.54, 1.807) is 0 Å². The predicted octanol–water partition coefficient (Wildman–Crippen LogP) is 1.16. The van der Waals surface area contributed by atoms with E-state index in [9.17, 15) is 13.6 Å². The molecule has 19 heavy (non-hydrogen) atoms. The average molecular weight is 266 g/mol. The van der Waals surface area contributed by atoms with Gasteiger partial charge in [-0.25, -0.2) is 8.78 Å². The molecule has 0 saturated carbocycles. The average Bonchev–Trinajstić information content (AvgIpc) is 2.33. The summed E-state index contributed by atoms with van der Waals surface area (Å²) >= 11 is 0. The SMILES string of the molecule is N#CC1(C(=O)NCCc2cc(F)ccc2F)COC1. The Kier molecular flexibility index (Phi) is 3.76. The number of nitrogens with zero attached hydrogens (tertiary/aromatic N) is 1. The number of nitriles is 1. The van der Waals surface area contributed by atoms with Crippen LogP contribution in [0.25, 0.3) is 0 Å². The molecule has 1 saturated heterocycles. The number of amides is 1. The van der Waals surface area contributed by atoms with Gasteiger partial charge in [-0.15, -0.1) is 0 Å². The molecular formula is C13H12F2N2O2. The number of hydrogen-bond donors (Lipinski definition) is 1. The summed E-state index contributed by atoms with van der Waals surface area (Å²) in [5.41, 5.74) is -0.934. The summed E-state index contributed by atoms with van der Waals surface area (Å²) in [7, 11) is 0. The highest BCUT2D eigenvalue weighted by atomic mass is 19.1. The predicted molar refractivity (Wildman–Crippen MR) is 61.9 cm³/mol. The van der Waals surface area contributed by atoms with E-state index in [0.717, 1.165) is 18.2 Å². The van der Waals surface area contributed by atoms with Crippen LogP contribution in [-0.4, -0.2) is 25.7 Å². The number of ether oxygens (including phenoxy) is 1. The number of carbonyl (C=O) groups excluding carboxylic acids is 1. The lowest BCUT2D eigenvalue weighted by atomic mass is 9.87. The molecule has 100 valence electrons. The van der Waals surface area contributed by atoms with Crippen molar-refractivity contribution in [3.8, 4) is 6.07 Å². The molecule has 1 aliphatic rings. The zero-order chi connectivity index (χ0) is 13.9. The van der Waals surface area contributed by atoms with Crippen LogP contribution in [0.15, 0.2) is 18.2 Å². The van der Waals surface area contributed by atoms with Gasteiger partial charge in [-0.2, -0.15) is 5.26 Å². The molecule has 6 heteroatoms. The summed E-state index contributed by atoms with van der Waals surface area (Å²) in [4.78, 5) is 11.7. The van der Waals surface area contributed by atoms with Crippen LogP contribution >= 0.6 is 0 Å². The maximum absolute atomic E-state index is 13.3. The minimum Gasteiger partial charge on any atom is -0.377 e. The summed E-state index contributed by atoms with van der Waals surface area (Å²) in [6, 6.07) is 5.08. The second-order valence-corrected chi connectivity index (χ2v) is 4.43. The van der Waals surface area contributed by atoms with E-state index in [2.05, 4.69) is 5.32 Å². The quantitative estimate of drug-likeness (QED) is 0.889. The fraction of sp³-hybridized carbons (Fsp3) is 0.385. The van der Waals surface area contributed by atoms with Crippen molar-refractivity contribution >= 4 is 5.91 Å². The second kappa shape index (κ2) is 5.33. The van der Waals surface area contributed by atoms with Gasteiger partial charge in [-0.1, -0.05) is 0 Å². The van der Waals surface area contributed by atoms with Crippen molar-refractivity contribution in [3.63, 3.8) is 0 Å². The molecule has 1 aromatic carbocycles. The molecule has 0 spiro atoms. The Balaban J connectivity index is 1.89. The molecule has 0 atom stereocenters. The van der Waals surface area contributed by atoms with E-state index in [4.69, 9.17) is 10.00 Å². The highest BCUT2D eigenvalue weighted by Gasteiger charge is 2.46. The topological polar surface area (TPSA) is 62.1 Å². The highest BCUT2D eigenvalue weighted by molar-refractivity contribution is 5.86. The van der Waals surface area contributed by atoms with E-state index in [1.165, 1.54) is 0 Å². The van der Waals surface area contributed by atoms with E-state index in [-0.39, 0.29) is 31.7 Å². The third kappa shape index (κ3) is 2.71. The number of benzene rings is 1. The minimum atomic E-state index is -1.12. The monoisotopic (exact) mass is 266 g/mol. The lowest BCUT2D eigenvalue weighted by Crippen LogP contribution is -2.53. The summed E-state index contributed by atoms with van der Waals surface area (Å²) < 4.78 is 31.1. The lowest BCUT2D eigenvalue weighted by Gasteiger charge is -2.33. The van der Waals surface area contributed by atoms with Gasteiger partial charge in [0.1, 0.15) is 11.6 Å².